The van der Waals surface area contributed by atoms with Gasteiger partial charge in [0.05, 0.1) is 16.7 Å². The fourth-order valence-electron chi connectivity index (χ4n) is 7.13. The lowest BCUT2D eigenvalue weighted by Crippen LogP contribution is -1.94. The Labute approximate surface area is 263 Å². The van der Waals surface area contributed by atoms with Crippen molar-refractivity contribution in [2.24, 2.45) is 0 Å². The van der Waals surface area contributed by atoms with Gasteiger partial charge in [-0.3, -0.25) is 0 Å². The van der Waals surface area contributed by atoms with Gasteiger partial charge in [0.2, 0.25) is 0 Å². The van der Waals surface area contributed by atoms with Gasteiger partial charge in [-0.1, -0.05) is 103 Å². The molecular weight excluding hydrogens is 567 g/mol. The molecule has 0 atom stereocenters. The number of fused-ring (bicyclic) bond motifs is 10. The number of para-hydroxylation sites is 1. The highest BCUT2D eigenvalue weighted by molar-refractivity contribution is 7.26. The van der Waals surface area contributed by atoms with Gasteiger partial charge in [0.25, 0.3) is 0 Å². The summed E-state index contributed by atoms with van der Waals surface area (Å²) in [4.78, 5) is 0. The molecular formula is C42H25NOS. The second-order valence-electron chi connectivity index (χ2n) is 11.7. The van der Waals surface area contributed by atoms with Gasteiger partial charge in [-0.2, -0.15) is 0 Å². The minimum Gasteiger partial charge on any atom is -0.453 e. The molecule has 3 heteroatoms. The second-order valence-corrected chi connectivity index (χ2v) is 12.8. The standard InChI is InChI=1S/C42H25NOS/c1-3-10-26(11-4-1)28-18-21-35-33(24-28)34-25-29(27-12-5-2-6-13-27)19-22-36(34)43(35)37-16-9-15-30-31-20-23-39-40(42(31)44-41(30)37)32-14-7-8-17-38(32)45-39/h1-25H. The Morgan fingerprint density at radius 2 is 1.00 bits per heavy atom. The minimum absolute atomic E-state index is 0.911. The Balaban J connectivity index is 1.30. The molecule has 0 fully saturated rings. The zero-order valence-corrected chi connectivity index (χ0v) is 25.0. The van der Waals surface area contributed by atoms with Crippen LogP contribution in [-0.4, -0.2) is 4.57 Å². The highest BCUT2D eigenvalue weighted by Crippen LogP contribution is 2.44. The van der Waals surface area contributed by atoms with Crippen molar-refractivity contribution < 1.29 is 4.42 Å². The summed E-state index contributed by atoms with van der Waals surface area (Å²) in [5.41, 5.74) is 10.1. The third-order valence-corrected chi connectivity index (χ3v) is 10.3. The van der Waals surface area contributed by atoms with Gasteiger partial charge in [-0.25, -0.2) is 0 Å². The van der Waals surface area contributed by atoms with Gasteiger partial charge in [-0.15, -0.1) is 11.3 Å². The van der Waals surface area contributed by atoms with Crippen LogP contribution >= 0.6 is 11.3 Å². The summed E-state index contributed by atoms with van der Waals surface area (Å²) in [5, 5.41) is 7.20. The molecule has 0 aliphatic rings. The summed E-state index contributed by atoms with van der Waals surface area (Å²) >= 11 is 1.83. The Morgan fingerprint density at radius 3 is 1.69 bits per heavy atom. The summed E-state index contributed by atoms with van der Waals surface area (Å²) in [7, 11) is 0. The Kier molecular flexibility index (Phi) is 5.19. The molecule has 0 saturated carbocycles. The average molecular weight is 592 g/mol. The molecule has 0 aliphatic carbocycles. The van der Waals surface area contributed by atoms with Crippen molar-refractivity contribution in [3.8, 4) is 27.9 Å². The van der Waals surface area contributed by atoms with Crippen LogP contribution in [0.2, 0.25) is 0 Å². The lowest BCUT2D eigenvalue weighted by atomic mass is 10.0. The first-order valence-electron chi connectivity index (χ1n) is 15.3. The van der Waals surface area contributed by atoms with Gasteiger partial charge >= 0.3 is 0 Å². The molecule has 7 aromatic carbocycles. The first kappa shape index (κ1) is 24.8. The van der Waals surface area contributed by atoms with E-state index >= 15 is 0 Å². The Hall–Kier alpha value is -5.64. The molecule has 0 aliphatic heterocycles. The predicted molar refractivity (Wildman–Crippen MR) is 192 cm³/mol. The van der Waals surface area contributed by atoms with E-state index in [1.807, 2.05) is 11.3 Å². The van der Waals surface area contributed by atoms with Crippen LogP contribution in [0.1, 0.15) is 0 Å². The quantitative estimate of drug-likeness (QED) is 0.200. The molecule has 0 saturated heterocycles. The van der Waals surface area contributed by atoms with Crippen molar-refractivity contribution in [2.75, 3.05) is 0 Å². The fourth-order valence-corrected chi connectivity index (χ4v) is 8.23. The smallest absolute Gasteiger partial charge is 0.159 e. The molecule has 0 radical (unpaired) electrons. The zero-order valence-electron chi connectivity index (χ0n) is 24.2. The molecule has 210 valence electrons. The van der Waals surface area contributed by atoms with Crippen molar-refractivity contribution in [2.45, 2.75) is 0 Å². The van der Waals surface area contributed by atoms with Crippen LogP contribution in [0.4, 0.5) is 0 Å². The van der Waals surface area contributed by atoms with Crippen molar-refractivity contribution in [1.29, 1.82) is 0 Å². The summed E-state index contributed by atoms with van der Waals surface area (Å²) in [6.45, 7) is 0. The van der Waals surface area contributed by atoms with Gasteiger partial charge in [0, 0.05) is 41.7 Å². The normalized spacial score (nSPS) is 12.0. The Bertz CT molecular complexity index is 2650. The Morgan fingerprint density at radius 1 is 0.400 bits per heavy atom. The number of benzene rings is 7. The van der Waals surface area contributed by atoms with E-state index in [2.05, 4.69) is 156 Å². The van der Waals surface area contributed by atoms with Crippen LogP contribution in [0.25, 0.3) is 91.9 Å². The van der Waals surface area contributed by atoms with Crippen molar-refractivity contribution in [3.05, 3.63) is 152 Å². The molecule has 10 aromatic rings. The van der Waals surface area contributed by atoms with Gasteiger partial charge in [0.15, 0.2) is 5.58 Å². The van der Waals surface area contributed by atoms with E-state index in [1.165, 1.54) is 53.2 Å². The molecule has 0 spiro atoms. The number of rotatable bonds is 3. The molecule has 0 bridgehead atoms. The molecule has 10 rings (SSSR count). The predicted octanol–water partition coefficient (Wildman–Crippen LogP) is 12.4. The van der Waals surface area contributed by atoms with Crippen LogP contribution < -0.4 is 0 Å². The summed E-state index contributed by atoms with van der Waals surface area (Å²) in [5.74, 6) is 0. The summed E-state index contributed by atoms with van der Waals surface area (Å²) in [6.07, 6.45) is 0. The molecule has 3 heterocycles. The van der Waals surface area contributed by atoms with Crippen LogP contribution in [-0.2, 0) is 0 Å². The summed E-state index contributed by atoms with van der Waals surface area (Å²) < 4.78 is 11.9. The van der Waals surface area contributed by atoms with Gasteiger partial charge < -0.3 is 8.98 Å². The lowest BCUT2D eigenvalue weighted by molar-refractivity contribution is 0.670. The largest absolute Gasteiger partial charge is 0.453 e. The first-order valence-corrected chi connectivity index (χ1v) is 16.1. The highest BCUT2D eigenvalue weighted by atomic mass is 32.1. The molecule has 3 aromatic heterocycles. The van der Waals surface area contributed by atoms with Gasteiger partial charge in [0.1, 0.15) is 5.58 Å². The third-order valence-electron chi connectivity index (χ3n) is 9.20. The zero-order chi connectivity index (χ0) is 29.5. The monoisotopic (exact) mass is 591 g/mol. The van der Waals surface area contributed by atoms with Crippen molar-refractivity contribution in [1.82, 2.24) is 4.57 Å². The maximum Gasteiger partial charge on any atom is 0.159 e. The first-order chi connectivity index (χ1) is 22.3. The number of nitrogens with zero attached hydrogens (tertiary/aromatic N) is 1. The van der Waals surface area contributed by atoms with Gasteiger partial charge in [-0.05, 0) is 70.8 Å². The number of aromatic nitrogens is 1. The average Bonchev–Trinajstić information content (AvgIpc) is 3.78. The molecule has 45 heavy (non-hydrogen) atoms. The second kappa shape index (κ2) is 9.43. The lowest BCUT2D eigenvalue weighted by Gasteiger charge is -2.09. The fraction of sp³-hybridized carbons (Fsp3) is 0. The van der Waals surface area contributed by atoms with E-state index in [9.17, 15) is 0 Å². The van der Waals surface area contributed by atoms with Crippen LogP contribution in [0, 0.1) is 0 Å². The maximum absolute atomic E-state index is 6.96. The van der Waals surface area contributed by atoms with Crippen molar-refractivity contribution >= 4 is 75.3 Å². The molecule has 2 nitrogen and oxygen atoms in total. The maximum atomic E-state index is 6.96. The number of hydrogen-bond donors (Lipinski definition) is 0. The minimum atomic E-state index is 0.911. The topological polar surface area (TPSA) is 18.1 Å². The summed E-state index contributed by atoms with van der Waals surface area (Å²) in [6, 6.07) is 54.7. The van der Waals surface area contributed by atoms with E-state index in [-0.39, 0.29) is 0 Å². The van der Waals surface area contributed by atoms with Crippen molar-refractivity contribution in [3.63, 3.8) is 0 Å². The third kappa shape index (κ3) is 3.62. The molecule has 0 N–H and O–H groups in total. The number of furan rings is 1. The van der Waals surface area contributed by atoms with Crippen LogP contribution in [0.15, 0.2) is 156 Å². The van der Waals surface area contributed by atoms with E-state index < -0.39 is 0 Å². The number of hydrogen-bond acceptors (Lipinski definition) is 2. The molecule has 0 amide bonds. The molecule has 0 unspecified atom stereocenters. The SMILES string of the molecule is c1ccc(-c2ccc3c(c2)c2cc(-c4ccccc4)ccc2n3-c2cccc3c2oc2c3ccc3sc4ccccc4c32)cc1. The van der Waals surface area contributed by atoms with Crippen LogP contribution in [0.3, 0.4) is 0 Å². The highest BCUT2D eigenvalue weighted by Gasteiger charge is 2.20. The number of thiophene rings is 1. The van der Waals surface area contributed by atoms with E-state index in [0.717, 1.165) is 38.7 Å². The van der Waals surface area contributed by atoms with E-state index in [1.54, 1.807) is 0 Å². The van der Waals surface area contributed by atoms with Crippen LogP contribution in [0.5, 0.6) is 0 Å². The van der Waals surface area contributed by atoms with E-state index in [0.29, 0.717) is 0 Å². The van der Waals surface area contributed by atoms with E-state index in [4.69, 9.17) is 4.42 Å².